The number of hydrogen-bond donors (Lipinski definition) is 1. The summed E-state index contributed by atoms with van der Waals surface area (Å²) < 4.78 is 1.93. The SMILES string of the molecule is C=CCNC(=O)C(C)Sc1nnc(-c2ccncc2)n1CC=C. The van der Waals surface area contributed by atoms with Crippen molar-refractivity contribution < 1.29 is 4.79 Å². The topological polar surface area (TPSA) is 72.7 Å². The van der Waals surface area contributed by atoms with Crippen LogP contribution in [0.5, 0.6) is 0 Å². The summed E-state index contributed by atoms with van der Waals surface area (Å²) in [6.07, 6.45) is 6.85. The zero-order valence-corrected chi connectivity index (χ0v) is 13.8. The Morgan fingerprint density at radius 2 is 2.09 bits per heavy atom. The lowest BCUT2D eigenvalue weighted by Crippen LogP contribution is -2.31. The van der Waals surface area contributed by atoms with Crippen LogP contribution in [0.15, 0.2) is 55.0 Å². The predicted octanol–water partition coefficient (Wildman–Crippen LogP) is 2.31. The van der Waals surface area contributed by atoms with E-state index < -0.39 is 0 Å². The summed E-state index contributed by atoms with van der Waals surface area (Å²) >= 11 is 1.36. The molecule has 1 N–H and O–H groups in total. The number of hydrogen-bond acceptors (Lipinski definition) is 5. The lowest BCUT2D eigenvalue weighted by Gasteiger charge is -2.12. The van der Waals surface area contributed by atoms with E-state index >= 15 is 0 Å². The monoisotopic (exact) mass is 329 g/mol. The first-order valence-corrected chi connectivity index (χ1v) is 8.05. The van der Waals surface area contributed by atoms with Crippen LogP contribution in [0.3, 0.4) is 0 Å². The molecular weight excluding hydrogens is 310 g/mol. The second-order valence-electron chi connectivity index (χ2n) is 4.74. The summed E-state index contributed by atoms with van der Waals surface area (Å²) in [7, 11) is 0. The van der Waals surface area contributed by atoms with Crippen molar-refractivity contribution in [2.45, 2.75) is 23.9 Å². The van der Waals surface area contributed by atoms with Gasteiger partial charge in [0.05, 0.1) is 5.25 Å². The number of amides is 1. The van der Waals surface area contributed by atoms with Crippen LogP contribution in [0.25, 0.3) is 11.4 Å². The minimum absolute atomic E-state index is 0.0616. The molecule has 0 saturated carbocycles. The summed E-state index contributed by atoms with van der Waals surface area (Å²) in [5, 5.41) is 11.6. The van der Waals surface area contributed by atoms with E-state index in [1.165, 1.54) is 11.8 Å². The summed E-state index contributed by atoms with van der Waals surface area (Å²) in [4.78, 5) is 16.0. The van der Waals surface area contributed by atoms with E-state index in [4.69, 9.17) is 0 Å². The van der Waals surface area contributed by atoms with Gasteiger partial charge in [0.15, 0.2) is 11.0 Å². The first-order valence-electron chi connectivity index (χ1n) is 7.17. The first kappa shape index (κ1) is 17.0. The van der Waals surface area contributed by atoms with Gasteiger partial charge in [-0.25, -0.2) is 0 Å². The predicted molar refractivity (Wildman–Crippen MR) is 92.0 cm³/mol. The third-order valence-corrected chi connectivity index (χ3v) is 4.12. The Hall–Kier alpha value is -2.41. The van der Waals surface area contributed by atoms with Crippen LogP contribution >= 0.6 is 11.8 Å². The molecule has 0 aliphatic heterocycles. The number of carbonyl (C=O) groups is 1. The van der Waals surface area contributed by atoms with Crippen LogP contribution in [-0.2, 0) is 11.3 Å². The number of thioether (sulfide) groups is 1. The maximum atomic E-state index is 12.0. The fraction of sp³-hybridized carbons (Fsp3) is 0.250. The molecule has 0 bridgehead atoms. The molecule has 6 nitrogen and oxygen atoms in total. The molecule has 1 unspecified atom stereocenters. The molecule has 0 saturated heterocycles. The third-order valence-electron chi connectivity index (χ3n) is 3.04. The molecule has 2 aromatic rings. The number of pyridine rings is 1. The average Bonchev–Trinajstić information content (AvgIpc) is 2.96. The molecule has 2 rings (SSSR count). The van der Waals surface area contributed by atoms with Gasteiger partial charge in [-0.2, -0.15) is 0 Å². The molecule has 23 heavy (non-hydrogen) atoms. The lowest BCUT2D eigenvalue weighted by molar-refractivity contribution is -0.120. The van der Waals surface area contributed by atoms with Crippen molar-refractivity contribution in [1.29, 1.82) is 0 Å². The van der Waals surface area contributed by atoms with Crippen molar-refractivity contribution in [2.24, 2.45) is 0 Å². The van der Waals surface area contributed by atoms with Gasteiger partial charge >= 0.3 is 0 Å². The van der Waals surface area contributed by atoms with Crippen LogP contribution in [0.1, 0.15) is 6.92 Å². The van der Waals surface area contributed by atoms with Gasteiger partial charge in [0.25, 0.3) is 0 Å². The number of rotatable bonds is 8. The van der Waals surface area contributed by atoms with Crippen LogP contribution < -0.4 is 5.32 Å². The Bertz CT molecular complexity index is 683. The van der Waals surface area contributed by atoms with Gasteiger partial charge in [-0.1, -0.05) is 23.9 Å². The van der Waals surface area contributed by atoms with Gasteiger partial charge in [0.2, 0.25) is 5.91 Å². The summed E-state index contributed by atoms with van der Waals surface area (Å²) in [5.74, 6) is 0.669. The quantitative estimate of drug-likeness (QED) is 0.594. The highest BCUT2D eigenvalue weighted by atomic mass is 32.2. The molecule has 0 aliphatic rings. The molecule has 0 radical (unpaired) electrons. The number of allylic oxidation sites excluding steroid dienone is 1. The second-order valence-corrected chi connectivity index (χ2v) is 6.04. The van der Waals surface area contributed by atoms with Gasteiger partial charge in [-0.15, -0.1) is 23.4 Å². The Balaban J connectivity index is 2.22. The zero-order valence-electron chi connectivity index (χ0n) is 13.0. The largest absolute Gasteiger partial charge is 0.352 e. The Labute approximate surface area is 139 Å². The van der Waals surface area contributed by atoms with Crippen LogP contribution in [0.4, 0.5) is 0 Å². The van der Waals surface area contributed by atoms with Crippen molar-refractivity contribution in [3.05, 3.63) is 49.8 Å². The van der Waals surface area contributed by atoms with Gasteiger partial charge in [-0.05, 0) is 19.1 Å². The number of aromatic nitrogens is 4. The third kappa shape index (κ3) is 4.29. The fourth-order valence-corrected chi connectivity index (χ4v) is 2.80. The molecule has 7 heteroatoms. The van der Waals surface area contributed by atoms with E-state index in [-0.39, 0.29) is 11.2 Å². The molecule has 0 spiro atoms. The molecular formula is C16H19N5OS. The second kappa shape index (κ2) is 8.28. The molecule has 0 aliphatic carbocycles. The van der Waals surface area contributed by atoms with Crippen molar-refractivity contribution in [3.63, 3.8) is 0 Å². The zero-order chi connectivity index (χ0) is 16.7. The van der Waals surface area contributed by atoms with E-state index in [0.717, 1.165) is 11.4 Å². The standard InChI is InChI=1S/C16H19N5OS/c1-4-8-18-15(22)12(3)23-16-20-19-14(21(16)11-5-2)13-6-9-17-10-7-13/h4-7,9-10,12H,1-2,8,11H2,3H3,(H,18,22). The number of nitrogens with zero attached hydrogens (tertiary/aromatic N) is 4. The smallest absolute Gasteiger partial charge is 0.233 e. The Morgan fingerprint density at radius 3 is 2.74 bits per heavy atom. The highest BCUT2D eigenvalue weighted by Gasteiger charge is 2.19. The molecule has 1 amide bonds. The summed E-state index contributed by atoms with van der Waals surface area (Å²) in [6.45, 7) is 10.2. The molecule has 0 fully saturated rings. The van der Waals surface area contributed by atoms with Crippen molar-refractivity contribution in [1.82, 2.24) is 25.1 Å². The fourth-order valence-electron chi connectivity index (χ4n) is 1.91. The summed E-state index contributed by atoms with van der Waals surface area (Å²) in [6, 6.07) is 3.75. The van der Waals surface area contributed by atoms with E-state index in [1.807, 2.05) is 23.6 Å². The molecule has 2 aromatic heterocycles. The van der Waals surface area contributed by atoms with E-state index in [9.17, 15) is 4.79 Å². The van der Waals surface area contributed by atoms with Crippen molar-refractivity contribution in [2.75, 3.05) is 6.54 Å². The maximum absolute atomic E-state index is 12.0. The lowest BCUT2D eigenvalue weighted by atomic mass is 10.2. The van der Waals surface area contributed by atoms with Gasteiger partial charge in [-0.3, -0.25) is 14.3 Å². The Kier molecular flexibility index (Phi) is 6.10. The van der Waals surface area contributed by atoms with Crippen LogP contribution in [-0.4, -0.2) is 37.5 Å². The van der Waals surface area contributed by atoms with Gasteiger partial charge in [0.1, 0.15) is 0 Å². The minimum atomic E-state index is -0.284. The molecule has 2 heterocycles. The van der Waals surface area contributed by atoms with Crippen LogP contribution in [0, 0.1) is 0 Å². The normalized spacial score (nSPS) is 11.7. The maximum Gasteiger partial charge on any atom is 0.233 e. The Morgan fingerprint density at radius 1 is 1.35 bits per heavy atom. The van der Waals surface area contributed by atoms with Gasteiger partial charge in [0, 0.05) is 31.0 Å². The summed E-state index contributed by atoms with van der Waals surface area (Å²) in [5.41, 5.74) is 0.921. The first-order chi connectivity index (χ1) is 11.2. The van der Waals surface area contributed by atoms with E-state index in [0.29, 0.717) is 18.2 Å². The molecule has 120 valence electrons. The van der Waals surface area contributed by atoms with Gasteiger partial charge < -0.3 is 5.32 Å². The van der Waals surface area contributed by atoms with Crippen LogP contribution in [0.2, 0.25) is 0 Å². The molecule has 0 aromatic carbocycles. The molecule has 1 atom stereocenters. The van der Waals surface area contributed by atoms with E-state index in [2.05, 4.69) is 33.7 Å². The number of carbonyl (C=O) groups excluding carboxylic acids is 1. The van der Waals surface area contributed by atoms with E-state index in [1.54, 1.807) is 24.5 Å². The highest BCUT2D eigenvalue weighted by Crippen LogP contribution is 2.26. The minimum Gasteiger partial charge on any atom is -0.352 e. The highest BCUT2D eigenvalue weighted by molar-refractivity contribution is 8.00. The van der Waals surface area contributed by atoms with Crippen molar-refractivity contribution >= 4 is 17.7 Å². The van der Waals surface area contributed by atoms with Crippen molar-refractivity contribution in [3.8, 4) is 11.4 Å². The number of nitrogens with one attached hydrogen (secondary N) is 1. The average molecular weight is 329 g/mol.